The molecule has 2 rings (SSSR count). The lowest BCUT2D eigenvalue weighted by molar-refractivity contribution is 0.255. The smallest absolute Gasteiger partial charge is 0.123 e. The summed E-state index contributed by atoms with van der Waals surface area (Å²) in [6.45, 7) is 5.91. The fraction of sp³-hybridized carbons (Fsp3) is 0.529. The SMILES string of the molecule is CC1=C(C)C(CCO)c2c(OCCN(C)C)ccc(N)c21. The van der Waals surface area contributed by atoms with Gasteiger partial charge in [0.05, 0.1) is 0 Å². The van der Waals surface area contributed by atoms with E-state index in [4.69, 9.17) is 10.5 Å². The number of aliphatic hydroxyl groups is 1. The molecule has 1 aromatic carbocycles. The Morgan fingerprint density at radius 2 is 2.00 bits per heavy atom. The Bertz CT molecular complexity index is 550. The molecule has 0 saturated heterocycles. The van der Waals surface area contributed by atoms with Gasteiger partial charge in [-0.25, -0.2) is 0 Å². The highest BCUT2D eigenvalue weighted by Crippen LogP contribution is 2.49. The average molecular weight is 290 g/mol. The predicted molar refractivity (Wildman–Crippen MR) is 87.6 cm³/mol. The summed E-state index contributed by atoms with van der Waals surface area (Å²) in [4.78, 5) is 2.09. The van der Waals surface area contributed by atoms with E-state index >= 15 is 0 Å². The van der Waals surface area contributed by atoms with Crippen molar-refractivity contribution in [3.63, 3.8) is 0 Å². The van der Waals surface area contributed by atoms with Crippen LogP contribution < -0.4 is 10.5 Å². The third-order valence-electron chi connectivity index (χ3n) is 4.29. The van der Waals surface area contributed by atoms with Crippen LogP contribution in [-0.2, 0) is 0 Å². The zero-order valence-electron chi connectivity index (χ0n) is 13.4. The Morgan fingerprint density at radius 3 is 2.62 bits per heavy atom. The largest absolute Gasteiger partial charge is 0.492 e. The average Bonchev–Trinajstić information content (AvgIpc) is 2.68. The van der Waals surface area contributed by atoms with E-state index in [0.717, 1.165) is 29.1 Å². The number of fused-ring (bicyclic) bond motifs is 1. The van der Waals surface area contributed by atoms with Crippen molar-refractivity contribution in [1.29, 1.82) is 0 Å². The highest BCUT2D eigenvalue weighted by atomic mass is 16.5. The quantitative estimate of drug-likeness (QED) is 0.790. The second kappa shape index (κ2) is 6.50. The maximum atomic E-state index is 9.36. The van der Waals surface area contributed by atoms with Gasteiger partial charge in [-0.05, 0) is 52.1 Å². The summed E-state index contributed by atoms with van der Waals surface area (Å²) in [6, 6.07) is 3.88. The van der Waals surface area contributed by atoms with E-state index in [9.17, 15) is 5.11 Å². The normalized spacial score (nSPS) is 17.5. The van der Waals surface area contributed by atoms with E-state index in [1.165, 1.54) is 11.1 Å². The van der Waals surface area contributed by atoms with Gasteiger partial charge in [-0.3, -0.25) is 0 Å². The molecule has 0 saturated carbocycles. The molecule has 3 N–H and O–H groups in total. The first-order chi connectivity index (χ1) is 9.97. The number of benzene rings is 1. The monoisotopic (exact) mass is 290 g/mol. The van der Waals surface area contributed by atoms with E-state index in [1.807, 2.05) is 26.2 Å². The topological polar surface area (TPSA) is 58.7 Å². The Labute approximate surface area is 127 Å². The fourth-order valence-corrected chi connectivity index (χ4v) is 3.01. The number of aliphatic hydroxyl groups excluding tert-OH is 1. The van der Waals surface area contributed by atoms with Crippen molar-refractivity contribution in [2.24, 2.45) is 0 Å². The molecule has 1 aliphatic rings. The molecular formula is C17H26N2O2. The van der Waals surface area contributed by atoms with Crippen LogP contribution in [0.1, 0.15) is 37.3 Å². The molecule has 1 atom stereocenters. The minimum Gasteiger partial charge on any atom is -0.492 e. The minimum atomic E-state index is 0.167. The molecule has 1 aliphatic carbocycles. The number of nitrogens with zero attached hydrogens (tertiary/aromatic N) is 1. The summed E-state index contributed by atoms with van der Waals surface area (Å²) in [5.41, 5.74) is 11.7. The van der Waals surface area contributed by atoms with Crippen LogP contribution in [-0.4, -0.2) is 43.9 Å². The van der Waals surface area contributed by atoms with Crippen LogP contribution in [0.25, 0.3) is 5.57 Å². The van der Waals surface area contributed by atoms with E-state index in [1.54, 1.807) is 0 Å². The third-order valence-corrected chi connectivity index (χ3v) is 4.29. The molecule has 0 bridgehead atoms. The van der Waals surface area contributed by atoms with Crippen LogP contribution in [0, 0.1) is 0 Å². The fourth-order valence-electron chi connectivity index (χ4n) is 3.01. The zero-order valence-corrected chi connectivity index (χ0v) is 13.4. The van der Waals surface area contributed by atoms with E-state index in [-0.39, 0.29) is 12.5 Å². The van der Waals surface area contributed by atoms with Crippen LogP contribution in [0.3, 0.4) is 0 Å². The first kappa shape index (κ1) is 15.9. The lowest BCUT2D eigenvalue weighted by atomic mass is 9.92. The van der Waals surface area contributed by atoms with Gasteiger partial charge in [0.15, 0.2) is 0 Å². The molecule has 0 spiro atoms. The van der Waals surface area contributed by atoms with Crippen LogP contribution in [0.4, 0.5) is 5.69 Å². The molecule has 4 nitrogen and oxygen atoms in total. The summed E-state index contributed by atoms with van der Waals surface area (Å²) in [5.74, 6) is 1.11. The number of nitrogen functional groups attached to an aromatic ring is 1. The molecule has 0 fully saturated rings. The van der Waals surface area contributed by atoms with Gasteiger partial charge in [0, 0.05) is 35.9 Å². The third kappa shape index (κ3) is 3.06. The van der Waals surface area contributed by atoms with Crippen molar-refractivity contribution >= 4 is 11.3 Å². The van der Waals surface area contributed by atoms with Gasteiger partial charge >= 0.3 is 0 Å². The van der Waals surface area contributed by atoms with Crippen molar-refractivity contribution in [1.82, 2.24) is 4.90 Å². The van der Waals surface area contributed by atoms with Crippen molar-refractivity contribution < 1.29 is 9.84 Å². The summed E-state index contributed by atoms with van der Waals surface area (Å²) in [7, 11) is 4.06. The number of anilines is 1. The van der Waals surface area contributed by atoms with Crippen LogP contribution in [0.5, 0.6) is 5.75 Å². The zero-order chi connectivity index (χ0) is 15.6. The maximum Gasteiger partial charge on any atom is 0.123 e. The number of hydrogen-bond acceptors (Lipinski definition) is 4. The van der Waals surface area contributed by atoms with Crippen molar-refractivity contribution in [3.05, 3.63) is 28.8 Å². The number of hydrogen-bond donors (Lipinski definition) is 2. The van der Waals surface area contributed by atoms with Gasteiger partial charge in [-0.2, -0.15) is 0 Å². The first-order valence-corrected chi connectivity index (χ1v) is 7.45. The standard InChI is InChI=1S/C17H26N2O2/c1-11-12(2)16-14(18)5-6-15(21-10-8-19(3)4)17(16)13(11)7-9-20/h5-6,13,20H,7-10,18H2,1-4H3. The lowest BCUT2D eigenvalue weighted by Crippen LogP contribution is -2.20. The number of allylic oxidation sites excluding steroid dienone is 2. The Morgan fingerprint density at radius 1 is 1.29 bits per heavy atom. The number of rotatable bonds is 6. The summed E-state index contributed by atoms with van der Waals surface area (Å²) >= 11 is 0. The highest BCUT2D eigenvalue weighted by molar-refractivity contribution is 5.85. The van der Waals surface area contributed by atoms with Gasteiger partial charge < -0.3 is 20.5 Å². The molecule has 4 heteroatoms. The molecule has 0 aliphatic heterocycles. The molecule has 0 amide bonds. The van der Waals surface area contributed by atoms with Gasteiger partial charge in [0.1, 0.15) is 12.4 Å². The molecule has 0 aromatic heterocycles. The van der Waals surface area contributed by atoms with Gasteiger partial charge in [-0.15, -0.1) is 0 Å². The lowest BCUT2D eigenvalue weighted by Gasteiger charge is -2.19. The molecule has 0 heterocycles. The molecular weight excluding hydrogens is 264 g/mol. The van der Waals surface area contributed by atoms with Crippen LogP contribution >= 0.6 is 0 Å². The second-order valence-electron chi connectivity index (χ2n) is 5.97. The Hall–Kier alpha value is -1.52. The Kier molecular flexibility index (Phi) is 4.91. The molecule has 21 heavy (non-hydrogen) atoms. The molecule has 1 aromatic rings. The first-order valence-electron chi connectivity index (χ1n) is 7.45. The molecule has 0 radical (unpaired) electrons. The van der Waals surface area contributed by atoms with E-state index in [2.05, 4.69) is 18.7 Å². The molecule has 116 valence electrons. The predicted octanol–water partition coefficient (Wildman–Crippen LogP) is 2.48. The van der Waals surface area contributed by atoms with Crippen LogP contribution in [0.2, 0.25) is 0 Å². The van der Waals surface area contributed by atoms with Gasteiger partial charge in [0.25, 0.3) is 0 Å². The second-order valence-corrected chi connectivity index (χ2v) is 5.97. The van der Waals surface area contributed by atoms with Gasteiger partial charge in [0.2, 0.25) is 0 Å². The van der Waals surface area contributed by atoms with Crippen molar-refractivity contribution in [3.8, 4) is 5.75 Å². The van der Waals surface area contributed by atoms with E-state index < -0.39 is 0 Å². The summed E-state index contributed by atoms with van der Waals surface area (Å²) in [5, 5.41) is 9.36. The molecule has 1 unspecified atom stereocenters. The Balaban J connectivity index is 2.35. The summed E-state index contributed by atoms with van der Waals surface area (Å²) in [6.07, 6.45) is 0.712. The number of likely N-dealkylation sites (N-methyl/N-ethyl adjacent to an activating group) is 1. The van der Waals surface area contributed by atoms with Crippen LogP contribution in [0.15, 0.2) is 17.7 Å². The highest BCUT2D eigenvalue weighted by Gasteiger charge is 2.31. The summed E-state index contributed by atoms with van der Waals surface area (Å²) < 4.78 is 5.98. The number of nitrogens with two attached hydrogens (primary N) is 1. The number of ether oxygens (including phenoxy) is 1. The van der Waals surface area contributed by atoms with Crippen molar-refractivity contribution in [2.45, 2.75) is 26.2 Å². The van der Waals surface area contributed by atoms with E-state index in [0.29, 0.717) is 13.0 Å². The van der Waals surface area contributed by atoms with Crippen molar-refractivity contribution in [2.75, 3.05) is 39.6 Å². The van der Waals surface area contributed by atoms with Gasteiger partial charge in [-0.1, -0.05) is 5.57 Å². The minimum absolute atomic E-state index is 0.167. The maximum absolute atomic E-state index is 9.36.